The summed E-state index contributed by atoms with van der Waals surface area (Å²) in [5.41, 5.74) is 3.60. The fourth-order valence-electron chi connectivity index (χ4n) is 3.67. The predicted molar refractivity (Wildman–Crippen MR) is 125 cm³/mol. The molecule has 0 bridgehead atoms. The van der Waals surface area contributed by atoms with Gasteiger partial charge < -0.3 is 9.84 Å². The predicted octanol–water partition coefficient (Wildman–Crippen LogP) is 4.17. The molecule has 4 aromatic rings. The zero-order chi connectivity index (χ0) is 23.4. The Morgan fingerprint density at radius 1 is 1.09 bits per heavy atom. The van der Waals surface area contributed by atoms with Gasteiger partial charge in [0.05, 0.1) is 36.2 Å². The van der Waals surface area contributed by atoms with E-state index in [4.69, 9.17) is 4.74 Å². The minimum Gasteiger partial charge on any atom is -0.507 e. The second-order valence-electron chi connectivity index (χ2n) is 7.47. The van der Waals surface area contributed by atoms with E-state index in [1.54, 1.807) is 13.0 Å². The number of hydrogen-bond donors (Lipinski definition) is 1. The summed E-state index contributed by atoms with van der Waals surface area (Å²) in [5, 5.41) is 19.9. The Labute approximate surface area is 191 Å². The molecule has 0 fully saturated rings. The van der Waals surface area contributed by atoms with Crippen molar-refractivity contribution in [1.29, 1.82) is 5.26 Å². The molecule has 2 heterocycles. The number of hydrogen-bond acceptors (Lipinski definition) is 6. The van der Waals surface area contributed by atoms with E-state index in [0.29, 0.717) is 23.6 Å². The molecule has 0 amide bonds. The summed E-state index contributed by atoms with van der Waals surface area (Å²) < 4.78 is 6.74. The van der Waals surface area contributed by atoms with E-state index in [9.17, 15) is 15.2 Å². The second kappa shape index (κ2) is 9.37. The highest BCUT2D eigenvalue weighted by molar-refractivity contribution is 5.70. The topological polar surface area (TPSA) is 101 Å². The zero-order valence-electron chi connectivity index (χ0n) is 18.3. The van der Waals surface area contributed by atoms with Crippen LogP contribution >= 0.6 is 0 Å². The Bertz CT molecular complexity index is 1390. The lowest BCUT2D eigenvalue weighted by Gasteiger charge is -2.13. The molecule has 0 spiro atoms. The molecule has 0 saturated carbocycles. The van der Waals surface area contributed by atoms with Crippen molar-refractivity contribution in [2.75, 3.05) is 6.61 Å². The molecule has 0 radical (unpaired) electrons. The average Bonchev–Trinajstić information content (AvgIpc) is 2.83. The first-order valence-electron chi connectivity index (χ1n) is 10.5. The standard InChI is InChI=1S/C26H22N4O3/c1-3-33-21-15-28-26(29-16-21)30-17(2)12-24(31)23(25(30)32)13-18-8-10-19(11-9-18)22-7-5-4-6-20(22)14-27/h4-12,15-16,31H,3,13H2,1-2H3. The summed E-state index contributed by atoms with van der Waals surface area (Å²) in [6.07, 6.45) is 3.27. The lowest BCUT2D eigenvalue weighted by Crippen LogP contribution is -2.26. The highest BCUT2D eigenvalue weighted by atomic mass is 16.5. The van der Waals surface area contributed by atoms with E-state index in [1.807, 2.05) is 49.4 Å². The van der Waals surface area contributed by atoms with Gasteiger partial charge in [-0.05, 0) is 36.6 Å². The molecule has 0 aliphatic rings. The van der Waals surface area contributed by atoms with Crippen LogP contribution in [0.1, 0.15) is 29.3 Å². The minimum absolute atomic E-state index is 0.0708. The number of aromatic nitrogens is 3. The number of aryl methyl sites for hydroxylation is 1. The third kappa shape index (κ3) is 4.46. The first-order chi connectivity index (χ1) is 16.0. The Morgan fingerprint density at radius 3 is 2.45 bits per heavy atom. The number of nitriles is 1. The molecule has 2 aromatic carbocycles. The number of ether oxygens (including phenoxy) is 1. The maximum atomic E-state index is 13.3. The number of benzene rings is 2. The van der Waals surface area contributed by atoms with Crippen LogP contribution < -0.4 is 10.3 Å². The fraction of sp³-hybridized carbons (Fsp3) is 0.154. The summed E-state index contributed by atoms with van der Waals surface area (Å²) >= 11 is 0. The van der Waals surface area contributed by atoms with Crippen molar-refractivity contribution in [3.05, 3.63) is 99.7 Å². The molecular weight excluding hydrogens is 416 g/mol. The minimum atomic E-state index is -0.379. The lowest BCUT2D eigenvalue weighted by molar-refractivity contribution is 0.337. The molecule has 0 aliphatic carbocycles. The van der Waals surface area contributed by atoms with E-state index >= 15 is 0 Å². The largest absolute Gasteiger partial charge is 0.507 e. The number of rotatable bonds is 6. The van der Waals surface area contributed by atoms with Crippen LogP contribution in [-0.4, -0.2) is 26.2 Å². The lowest BCUT2D eigenvalue weighted by atomic mass is 9.97. The average molecular weight is 438 g/mol. The van der Waals surface area contributed by atoms with Gasteiger partial charge in [0.1, 0.15) is 5.75 Å². The molecule has 33 heavy (non-hydrogen) atoms. The van der Waals surface area contributed by atoms with Crippen LogP contribution in [0.15, 0.2) is 71.8 Å². The first kappa shape index (κ1) is 21.8. The van der Waals surface area contributed by atoms with Crippen LogP contribution in [0.4, 0.5) is 0 Å². The van der Waals surface area contributed by atoms with Gasteiger partial charge in [-0.25, -0.2) is 14.5 Å². The van der Waals surface area contributed by atoms with Crippen LogP contribution in [0.2, 0.25) is 0 Å². The van der Waals surface area contributed by atoms with E-state index in [1.165, 1.54) is 23.0 Å². The van der Waals surface area contributed by atoms with Crippen LogP contribution in [-0.2, 0) is 6.42 Å². The Kier molecular flexibility index (Phi) is 6.18. The highest BCUT2D eigenvalue weighted by Gasteiger charge is 2.16. The van der Waals surface area contributed by atoms with Gasteiger partial charge in [-0.1, -0.05) is 42.5 Å². The summed E-state index contributed by atoms with van der Waals surface area (Å²) in [7, 11) is 0. The van der Waals surface area contributed by atoms with Gasteiger partial charge in [0.25, 0.3) is 5.56 Å². The van der Waals surface area contributed by atoms with Crippen molar-refractivity contribution in [3.8, 4) is 34.6 Å². The summed E-state index contributed by atoms with van der Waals surface area (Å²) in [5.74, 6) is 0.660. The first-order valence-corrected chi connectivity index (χ1v) is 10.5. The quantitative estimate of drug-likeness (QED) is 0.485. The van der Waals surface area contributed by atoms with Crippen LogP contribution in [0.5, 0.6) is 11.5 Å². The monoisotopic (exact) mass is 438 g/mol. The van der Waals surface area contributed by atoms with Crippen LogP contribution in [0, 0.1) is 18.3 Å². The van der Waals surface area contributed by atoms with Crippen LogP contribution in [0.25, 0.3) is 17.1 Å². The van der Waals surface area contributed by atoms with Gasteiger partial charge in [0.15, 0.2) is 5.75 Å². The molecule has 0 atom stereocenters. The van der Waals surface area contributed by atoms with Crippen molar-refractivity contribution in [2.45, 2.75) is 20.3 Å². The van der Waals surface area contributed by atoms with Crippen LogP contribution in [0.3, 0.4) is 0 Å². The van der Waals surface area contributed by atoms with Crippen molar-refractivity contribution in [3.63, 3.8) is 0 Å². The molecule has 4 rings (SSSR count). The van der Waals surface area contributed by atoms with E-state index in [2.05, 4.69) is 16.0 Å². The Morgan fingerprint density at radius 2 is 1.79 bits per heavy atom. The SMILES string of the molecule is CCOc1cnc(-n2c(C)cc(O)c(Cc3ccc(-c4ccccc4C#N)cc3)c2=O)nc1. The van der Waals surface area contributed by atoms with E-state index in [-0.39, 0.29) is 29.2 Å². The molecule has 0 unspecified atom stereocenters. The van der Waals surface area contributed by atoms with E-state index < -0.39 is 0 Å². The molecule has 0 aliphatic heterocycles. The van der Waals surface area contributed by atoms with Gasteiger partial charge in [-0.15, -0.1) is 0 Å². The summed E-state index contributed by atoms with van der Waals surface area (Å²) in [6, 6.07) is 18.7. The van der Waals surface area contributed by atoms with Crippen molar-refractivity contribution >= 4 is 0 Å². The number of pyridine rings is 1. The molecule has 0 saturated heterocycles. The highest BCUT2D eigenvalue weighted by Crippen LogP contribution is 2.25. The maximum Gasteiger partial charge on any atom is 0.264 e. The van der Waals surface area contributed by atoms with Crippen molar-refractivity contribution in [1.82, 2.24) is 14.5 Å². The maximum absolute atomic E-state index is 13.3. The van der Waals surface area contributed by atoms with Crippen molar-refractivity contribution in [2.24, 2.45) is 0 Å². The van der Waals surface area contributed by atoms with Gasteiger partial charge in [0, 0.05) is 18.2 Å². The van der Waals surface area contributed by atoms with E-state index in [0.717, 1.165) is 16.7 Å². The van der Waals surface area contributed by atoms with Gasteiger partial charge in [-0.3, -0.25) is 4.79 Å². The molecule has 7 nitrogen and oxygen atoms in total. The third-order valence-electron chi connectivity index (χ3n) is 5.29. The summed E-state index contributed by atoms with van der Waals surface area (Å²) in [6.45, 7) is 4.07. The number of aromatic hydroxyl groups is 1. The Balaban J connectivity index is 1.67. The van der Waals surface area contributed by atoms with Crippen molar-refractivity contribution < 1.29 is 9.84 Å². The zero-order valence-corrected chi connectivity index (χ0v) is 18.3. The molecule has 2 aromatic heterocycles. The van der Waals surface area contributed by atoms with Gasteiger partial charge in [0.2, 0.25) is 5.95 Å². The Hall–Kier alpha value is -4.44. The third-order valence-corrected chi connectivity index (χ3v) is 5.29. The molecule has 164 valence electrons. The molecule has 1 N–H and O–H groups in total. The van der Waals surface area contributed by atoms with Gasteiger partial charge in [-0.2, -0.15) is 5.26 Å². The normalized spacial score (nSPS) is 10.6. The molecule has 7 heteroatoms. The molecular formula is C26H22N4O3. The summed E-state index contributed by atoms with van der Waals surface area (Å²) in [4.78, 5) is 21.7. The smallest absolute Gasteiger partial charge is 0.264 e. The van der Waals surface area contributed by atoms with Gasteiger partial charge >= 0.3 is 0 Å². The number of nitrogens with zero attached hydrogens (tertiary/aromatic N) is 4. The second-order valence-corrected chi connectivity index (χ2v) is 7.47. The fourth-order valence-corrected chi connectivity index (χ4v) is 3.67.